The van der Waals surface area contributed by atoms with E-state index >= 15 is 0 Å². The molecule has 4 N–H and O–H groups in total. The summed E-state index contributed by atoms with van der Waals surface area (Å²) in [7, 11) is 0. The third-order valence-electron chi connectivity index (χ3n) is 2.46. The van der Waals surface area contributed by atoms with Gasteiger partial charge in [-0.25, -0.2) is 4.79 Å². The van der Waals surface area contributed by atoms with Gasteiger partial charge in [0.2, 0.25) is 0 Å². The van der Waals surface area contributed by atoms with E-state index in [1.54, 1.807) is 12.3 Å². The Morgan fingerprint density at radius 1 is 1.47 bits per heavy atom. The van der Waals surface area contributed by atoms with Crippen molar-refractivity contribution in [2.75, 3.05) is 11.1 Å². The molecule has 0 saturated carbocycles. The zero-order valence-electron chi connectivity index (χ0n) is 10.5. The number of amides is 2. The average molecular weight is 233 g/mol. The number of carbonyl (C=O) groups is 1. The summed E-state index contributed by atoms with van der Waals surface area (Å²) in [5.74, 6) is 0. The summed E-state index contributed by atoms with van der Waals surface area (Å²) >= 11 is 0. The van der Waals surface area contributed by atoms with Crippen molar-refractivity contribution in [3.8, 4) is 0 Å². The molecule has 0 bridgehead atoms. The van der Waals surface area contributed by atoms with Crippen LogP contribution in [0.25, 0.3) is 0 Å². The van der Waals surface area contributed by atoms with Crippen LogP contribution in [0.5, 0.6) is 0 Å². The van der Waals surface area contributed by atoms with Crippen LogP contribution in [0, 0.1) is 6.92 Å². The molecule has 0 aliphatic heterocycles. The Kier molecular flexibility index (Phi) is 4.57. The maximum absolute atomic E-state index is 11.6. The van der Waals surface area contributed by atoms with Crippen LogP contribution in [0.4, 0.5) is 16.2 Å². The first-order chi connectivity index (χ1) is 8.02. The van der Waals surface area contributed by atoms with Gasteiger partial charge in [0.1, 0.15) is 0 Å². The number of nitrogen functional groups attached to an aromatic ring is 1. The zero-order valence-corrected chi connectivity index (χ0v) is 10.5. The van der Waals surface area contributed by atoms with Crippen molar-refractivity contribution in [2.24, 2.45) is 0 Å². The molecule has 1 aromatic carbocycles. The molecular weight excluding hydrogens is 214 g/mol. The SMILES string of the molecule is CC/C(C)=C/NC(=O)Nc1cc(C)ccc1N. The van der Waals surface area contributed by atoms with Gasteiger partial charge in [-0.05, 0) is 38.0 Å². The van der Waals surface area contributed by atoms with Crippen LogP contribution in [0.3, 0.4) is 0 Å². The highest BCUT2D eigenvalue weighted by atomic mass is 16.2. The number of carbonyl (C=O) groups excluding carboxylic acids is 1. The first-order valence-corrected chi connectivity index (χ1v) is 5.62. The number of hydrogen-bond donors (Lipinski definition) is 3. The van der Waals surface area contributed by atoms with E-state index in [0.717, 1.165) is 17.6 Å². The molecule has 0 saturated heterocycles. The van der Waals surface area contributed by atoms with Gasteiger partial charge in [0.15, 0.2) is 0 Å². The summed E-state index contributed by atoms with van der Waals surface area (Å²) in [6.07, 6.45) is 2.61. The molecule has 0 unspecified atom stereocenters. The van der Waals surface area contributed by atoms with Crippen molar-refractivity contribution < 1.29 is 4.79 Å². The molecule has 0 fully saturated rings. The van der Waals surface area contributed by atoms with Gasteiger partial charge < -0.3 is 16.4 Å². The van der Waals surface area contributed by atoms with Crippen LogP contribution in [0.1, 0.15) is 25.8 Å². The number of nitrogens with one attached hydrogen (secondary N) is 2. The largest absolute Gasteiger partial charge is 0.397 e. The van der Waals surface area contributed by atoms with E-state index in [4.69, 9.17) is 5.73 Å². The second-order valence-corrected chi connectivity index (χ2v) is 4.03. The van der Waals surface area contributed by atoms with E-state index in [1.165, 1.54) is 0 Å². The van der Waals surface area contributed by atoms with E-state index in [0.29, 0.717) is 11.4 Å². The zero-order chi connectivity index (χ0) is 12.8. The molecule has 1 rings (SSSR count). The molecule has 0 aromatic heterocycles. The topological polar surface area (TPSA) is 67.2 Å². The van der Waals surface area contributed by atoms with Gasteiger partial charge in [-0.3, -0.25) is 0 Å². The predicted molar refractivity (Wildman–Crippen MR) is 71.8 cm³/mol. The molecule has 0 radical (unpaired) electrons. The van der Waals surface area contributed by atoms with Crippen molar-refractivity contribution in [3.63, 3.8) is 0 Å². The van der Waals surface area contributed by atoms with E-state index in [2.05, 4.69) is 10.6 Å². The fraction of sp³-hybridized carbons (Fsp3) is 0.308. The summed E-state index contributed by atoms with van der Waals surface area (Å²) in [5.41, 5.74) is 9.11. The molecule has 92 valence electrons. The molecule has 1 aromatic rings. The number of hydrogen-bond acceptors (Lipinski definition) is 2. The Hall–Kier alpha value is -1.97. The molecule has 4 heteroatoms. The van der Waals surface area contributed by atoms with Gasteiger partial charge >= 0.3 is 6.03 Å². The van der Waals surface area contributed by atoms with Crippen molar-refractivity contribution in [2.45, 2.75) is 27.2 Å². The summed E-state index contributed by atoms with van der Waals surface area (Å²) in [4.78, 5) is 11.6. The number of aryl methyl sites for hydroxylation is 1. The van der Waals surface area contributed by atoms with Crippen LogP contribution in [0.2, 0.25) is 0 Å². The minimum Gasteiger partial charge on any atom is -0.397 e. The molecule has 0 aliphatic rings. The van der Waals surface area contributed by atoms with Crippen LogP contribution >= 0.6 is 0 Å². The quantitative estimate of drug-likeness (QED) is 0.702. The lowest BCUT2D eigenvalue weighted by Gasteiger charge is -2.09. The summed E-state index contributed by atoms with van der Waals surface area (Å²) in [6.45, 7) is 5.94. The predicted octanol–water partition coefficient (Wildman–Crippen LogP) is 3.01. The molecule has 2 amide bonds. The van der Waals surface area contributed by atoms with Crippen LogP contribution < -0.4 is 16.4 Å². The van der Waals surface area contributed by atoms with Crippen molar-refractivity contribution in [3.05, 3.63) is 35.5 Å². The van der Waals surface area contributed by atoms with Gasteiger partial charge in [-0.15, -0.1) is 0 Å². The van der Waals surface area contributed by atoms with Crippen molar-refractivity contribution in [1.29, 1.82) is 0 Å². The minimum absolute atomic E-state index is 0.282. The number of allylic oxidation sites excluding steroid dienone is 1. The number of nitrogens with two attached hydrogens (primary N) is 1. The Labute approximate surface area is 102 Å². The first-order valence-electron chi connectivity index (χ1n) is 5.62. The molecule has 17 heavy (non-hydrogen) atoms. The normalized spacial score (nSPS) is 11.1. The standard InChI is InChI=1S/C13H19N3O/c1-4-9(2)8-15-13(17)16-12-7-10(3)5-6-11(12)14/h5-8H,4,14H2,1-3H3,(H2,15,16,17)/b9-8+. The average Bonchev–Trinajstić information content (AvgIpc) is 2.30. The van der Waals surface area contributed by atoms with E-state index in [-0.39, 0.29) is 6.03 Å². The van der Waals surface area contributed by atoms with Gasteiger partial charge in [-0.1, -0.05) is 18.6 Å². The monoisotopic (exact) mass is 233 g/mol. The Bertz CT molecular complexity index is 438. The van der Waals surface area contributed by atoms with E-state index < -0.39 is 0 Å². The third kappa shape index (κ3) is 4.18. The lowest BCUT2D eigenvalue weighted by molar-refractivity contribution is 0.255. The highest BCUT2D eigenvalue weighted by Crippen LogP contribution is 2.19. The van der Waals surface area contributed by atoms with Crippen LogP contribution in [-0.4, -0.2) is 6.03 Å². The van der Waals surface area contributed by atoms with Gasteiger partial charge in [-0.2, -0.15) is 0 Å². The molecule has 0 heterocycles. The molecule has 0 atom stereocenters. The third-order valence-corrected chi connectivity index (χ3v) is 2.46. The summed E-state index contributed by atoms with van der Waals surface area (Å²) in [6, 6.07) is 5.23. The Balaban J connectivity index is 2.65. The molecular formula is C13H19N3O. The molecule has 4 nitrogen and oxygen atoms in total. The Morgan fingerprint density at radius 3 is 2.82 bits per heavy atom. The fourth-order valence-electron chi connectivity index (χ4n) is 1.23. The van der Waals surface area contributed by atoms with Gasteiger partial charge in [0, 0.05) is 6.20 Å². The lowest BCUT2D eigenvalue weighted by Crippen LogP contribution is -2.24. The van der Waals surface area contributed by atoms with Crippen molar-refractivity contribution in [1.82, 2.24) is 5.32 Å². The van der Waals surface area contributed by atoms with E-state index in [9.17, 15) is 4.79 Å². The lowest BCUT2D eigenvalue weighted by atomic mass is 10.2. The first kappa shape index (κ1) is 13.1. The summed E-state index contributed by atoms with van der Waals surface area (Å²) < 4.78 is 0. The number of anilines is 2. The van der Waals surface area contributed by atoms with E-state index in [1.807, 2.05) is 32.9 Å². The highest BCUT2D eigenvalue weighted by molar-refractivity contribution is 5.93. The maximum Gasteiger partial charge on any atom is 0.323 e. The van der Waals surface area contributed by atoms with Crippen molar-refractivity contribution >= 4 is 17.4 Å². The number of rotatable bonds is 3. The second kappa shape index (κ2) is 5.94. The summed E-state index contributed by atoms with van der Waals surface area (Å²) in [5, 5.41) is 5.37. The smallest absolute Gasteiger partial charge is 0.323 e. The highest BCUT2D eigenvalue weighted by Gasteiger charge is 2.03. The van der Waals surface area contributed by atoms with Gasteiger partial charge in [0.25, 0.3) is 0 Å². The molecule has 0 spiro atoms. The Morgan fingerprint density at radius 2 is 2.18 bits per heavy atom. The maximum atomic E-state index is 11.6. The van der Waals surface area contributed by atoms with Gasteiger partial charge in [0.05, 0.1) is 11.4 Å². The molecule has 0 aliphatic carbocycles. The second-order valence-electron chi connectivity index (χ2n) is 4.03. The number of urea groups is 1. The fourth-order valence-corrected chi connectivity index (χ4v) is 1.23. The minimum atomic E-state index is -0.282. The van der Waals surface area contributed by atoms with Crippen LogP contribution in [-0.2, 0) is 0 Å². The number of benzene rings is 1. The van der Waals surface area contributed by atoms with Crippen LogP contribution in [0.15, 0.2) is 30.0 Å².